The van der Waals surface area contributed by atoms with Gasteiger partial charge < -0.3 is 9.05 Å². The first-order valence-electron chi connectivity index (χ1n) is 5.95. The third-order valence-corrected chi connectivity index (χ3v) is 6.71. The number of halogens is 4. The van der Waals surface area contributed by atoms with Gasteiger partial charge in [0.05, 0.1) is 10.0 Å². The van der Waals surface area contributed by atoms with E-state index in [4.69, 9.17) is 67.3 Å². The van der Waals surface area contributed by atoms with Gasteiger partial charge in [0, 0.05) is 18.3 Å². The van der Waals surface area contributed by atoms with Crippen molar-refractivity contribution >= 4 is 64.7 Å². The molecule has 4 nitrogen and oxygen atoms in total. The van der Waals surface area contributed by atoms with Crippen molar-refractivity contribution in [1.82, 2.24) is 9.97 Å². The van der Waals surface area contributed by atoms with Crippen molar-refractivity contribution in [3.05, 3.63) is 44.6 Å². The molecule has 0 unspecified atom stereocenters. The molecule has 0 atom stereocenters. The summed E-state index contributed by atoms with van der Waals surface area (Å²) in [7, 11) is 0. The Morgan fingerprint density at radius 3 is 1.64 bits per heavy atom. The van der Waals surface area contributed by atoms with E-state index in [1.165, 1.54) is 0 Å². The van der Waals surface area contributed by atoms with E-state index in [0.717, 1.165) is 0 Å². The zero-order valence-corrected chi connectivity index (χ0v) is 15.8. The fourth-order valence-corrected chi connectivity index (χ4v) is 3.37. The Labute approximate surface area is 152 Å². The Bertz CT molecular complexity index is 690. The lowest BCUT2D eigenvalue weighted by Crippen LogP contribution is -2.05. The van der Waals surface area contributed by atoms with Gasteiger partial charge in [-0.15, -0.1) is 0 Å². The van der Waals surface area contributed by atoms with Crippen molar-refractivity contribution in [2.24, 2.45) is 0 Å². The molecule has 2 aromatic rings. The lowest BCUT2D eigenvalue weighted by atomic mass is 10.5. The van der Waals surface area contributed by atoms with Gasteiger partial charge in [0.15, 0.2) is 10.3 Å². The number of aromatic nitrogens is 2. The topological polar surface area (TPSA) is 44.2 Å². The Morgan fingerprint density at radius 2 is 1.32 bits per heavy atom. The number of rotatable bonds is 5. The van der Waals surface area contributed by atoms with Crippen LogP contribution in [-0.2, 0) is 11.8 Å². The summed E-state index contributed by atoms with van der Waals surface area (Å²) < 4.78 is 11.4. The van der Waals surface area contributed by atoms with E-state index >= 15 is 0 Å². The third kappa shape index (κ3) is 4.60. The molecule has 0 N–H and O–H groups in total. The van der Waals surface area contributed by atoms with E-state index < -0.39 is 6.49 Å². The van der Waals surface area contributed by atoms with Crippen LogP contribution in [0, 0.1) is 0 Å². The number of hydrogen-bond donors (Lipinski definition) is 0. The Kier molecular flexibility index (Phi) is 6.17. The molecule has 10 heteroatoms. The highest BCUT2D eigenvalue weighted by atomic mass is 35.5. The second-order valence-corrected chi connectivity index (χ2v) is 9.37. The van der Waals surface area contributed by atoms with Gasteiger partial charge in [-0.1, -0.05) is 53.3 Å². The smallest absolute Gasteiger partial charge is 0.290 e. The van der Waals surface area contributed by atoms with Crippen LogP contribution in [0.5, 0.6) is 11.8 Å². The van der Waals surface area contributed by atoms with Crippen LogP contribution >= 0.6 is 52.9 Å². The average Bonchev–Trinajstić information content (AvgIpc) is 2.47. The molecule has 2 heterocycles. The number of nitrogens with zero attached hydrogens (tertiary/aromatic N) is 2. The van der Waals surface area contributed by atoms with E-state index in [1.54, 1.807) is 24.3 Å². The maximum Gasteiger partial charge on any atom is 0.290 e. The van der Waals surface area contributed by atoms with Crippen LogP contribution < -0.4 is 9.05 Å². The molecular formula is C12H9Cl4N2O2PS. The minimum atomic E-state index is -2.71. The quantitative estimate of drug-likeness (QED) is 0.449. The first-order valence-corrected chi connectivity index (χ1v) is 10.3. The molecular weight excluding hydrogens is 409 g/mol. The standard InChI is InChI=1S/C12H9Cl4N2O2PS/c1-2-21(22,19-9-5-3-7(13)11(15)17-9)20-10-6-4-8(14)12(16)18-10/h3-6H,2H2,1H3. The normalized spacial score (nSPS) is 11.3. The van der Waals surface area contributed by atoms with Crippen LogP contribution in [0.15, 0.2) is 24.3 Å². The Morgan fingerprint density at radius 1 is 0.909 bits per heavy atom. The second kappa shape index (κ2) is 7.52. The predicted octanol–water partition coefficient (Wildman–Crippen LogP) is 5.88. The summed E-state index contributed by atoms with van der Waals surface area (Å²) >= 11 is 28.8. The zero-order valence-electron chi connectivity index (χ0n) is 11.1. The molecule has 0 bridgehead atoms. The van der Waals surface area contributed by atoms with Gasteiger partial charge in [-0.05, 0) is 23.9 Å². The third-order valence-electron chi connectivity index (χ3n) is 2.41. The van der Waals surface area contributed by atoms with E-state index in [-0.39, 0.29) is 22.1 Å². The molecule has 0 saturated carbocycles. The first kappa shape index (κ1) is 18.1. The van der Waals surface area contributed by atoms with Crippen molar-refractivity contribution in [1.29, 1.82) is 0 Å². The summed E-state index contributed by atoms with van der Waals surface area (Å²) in [5, 5.41) is 0.908. The van der Waals surface area contributed by atoms with E-state index in [2.05, 4.69) is 9.97 Å². The summed E-state index contributed by atoms with van der Waals surface area (Å²) in [6.45, 7) is -0.866. The van der Waals surface area contributed by atoms with Gasteiger partial charge >= 0.3 is 0 Å². The maximum atomic E-state index is 5.85. The largest absolute Gasteiger partial charge is 0.417 e. The van der Waals surface area contributed by atoms with E-state index in [0.29, 0.717) is 16.2 Å². The SMILES string of the molecule is CCP(=S)(Oc1ccc(Cl)c(Cl)n1)Oc1ccc(Cl)c(Cl)n1. The molecule has 0 aliphatic heterocycles. The lowest BCUT2D eigenvalue weighted by Gasteiger charge is -2.21. The molecule has 0 aliphatic carbocycles. The van der Waals surface area contributed by atoms with Gasteiger partial charge in [0.2, 0.25) is 11.8 Å². The monoisotopic (exact) mass is 416 g/mol. The molecule has 0 aliphatic rings. The van der Waals surface area contributed by atoms with Crippen molar-refractivity contribution < 1.29 is 9.05 Å². The van der Waals surface area contributed by atoms with Crippen LogP contribution in [0.3, 0.4) is 0 Å². The Hall–Kier alpha value is -0.290. The van der Waals surface area contributed by atoms with E-state index in [1.807, 2.05) is 6.92 Å². The second-order valence-electron chi connectivity index (χ2n) is 3.95. The molecule has 2 rings (SSSR count). The number of hydrogen-bond acceptors (Lipinski definition) is 5. The Balaban J connectivity index is 2.22. The average molecular weight is 418 g/mol. The molecule has 0 saturated heterocycles. The first-order chi connectivity index (χ1) is 10.3. The highest BCUT2D eigenvalue weighted by molar-refractivity contribution is 8.10. The van der Waals surface area contributed by atoms with Crippen LogP contribution in [0.25, 0.3) is 0 Å². The maximum absolute atomic E-state index is 5.85. The molecule has 0 amide bonds. The van der Waals surface area contributed by atoms with Crippen molar-refractivity contribution in [2.45, 2.75) is 6.92 Å². The van der Waals surface area contributed by atoms with Gasteiger partial charge in [0.25, 0.3) is 6.49 Å². The molecule has 118 valence electrons. The summed E-state index contributed by atoms with van der Waals surface area (Å²) in [6, 6.07) is 6.27. The van der Waals surface area contributed by atoms with Crippen LogP contribution in [0.1, 0.15) is 6.92 Å². The highest BCUT2D eigenvalue weighted by Gasteiger charge is 2.22. The molecule has 0 fully saturated rings. The van der Waals surface area contributed by atoms with Crippen molar-refractivity contribution in [3.8, 4) is 11.8 Å². The van der Waals surface area contributed by atoms with Crippen molar-refractivity contribution in [3.63, 3.8) is 0 Å². The van der Waals surface area contributed by atoms with Crippen molar-refractivity contribution in [2.75, 3.05) is 6.16 Å². The fraction of sp³-hybridized carbons (Fsp3) is 0.167. The minimum Gasteiger partial charge on any atom is -0.417 e. The number of pyridine rings is 2. The van der Waals surface area contributed by atoms with Gasteiger partial charge in [-0.25, -0.2) is 0 Å². The van der Waals surface area contributed by atoms with Gasteiger partial charge in [-0.3, -0.25) is 0 Å². The lowest BCUT2D eigenvalue weighted by molar-refractivity contribution is 0.467. The molecule has 0 spiro atoms. The summed E-state index contributed by atoms with van der Waals surface area (Å²) in [4.78, 5) is 8.01. The predicted molar refractivity (Wildman–Crippen MR) is 94.6 cm³/mol. The van der Waals surface area contributed by atoms with Crippen LogP contribution in [0.2, 0.25) is 20.4 Å². The van der Waals surface area contributed by atoms with Crippen LogP contribution in [-0.4, -0.2) is 16.1 Å². The minimum absolute atomic E-state index is 0.129. The molecule has 0 radical (unpaired) electrons. The van der Waals surface area contributed by atoms with Crippen LogP contribution in [0.4, 0.5) is 0 Å². The highest BCUT2D eigenvalue weighted by Crippen LogP contribution is 2.48. The van der Waals surface area contributed by atoms with Gasteiger partial charge in [-0.2, -0.15) is 9.97 Å². The summed E-state index contributed by atoms with van der Waals surface area (Å²) in [5.74, 6) is 0.472. The fourth-order valence-electron chi connectivity index (χ4n) is 1.34. The zero-order chi connectivity index (χ0) is 16.3. The summed E-state index contributed by atoms with van der Waals surface area (Å²) in [5.41, 5.74) is 0. The molecule has 22 heavy (non-hydrogen) atoms. The summed E-state index contributed by atoms with van der Waals surface area (Å²) in [6.07, 6.45) is 0.451. The molecule has 2 aromatic heterocycles. The molecule has 0 aromatic carbocycles. The van der Waals surface area contributed by atoms with E-state index in [9.17, 15) is 0 Å². The van der Waals surface area contributed by atoms with Gasteiger partial charge in [0.1, 0.15) is 0 Å².